The second-order valence-electron chi connectivity index (χ2n) is 6.20. The number of fused-ring (bicyclic) bond motifs is 1. The van der Waals surface area contributed by atoms with Gasteiger partial charge in [0.05, 0.1) is 5.92 Å². The van der Waals surface area contributed by atoms with Gasteiger partial charge in [-0.3, -0.25) is 14.5 Å². The molecule has 1 aromatic heterocycles. The van der Waals surface area contributed by atoms with Crippen LogP contribution in [-0.4, -0.2) is 52.8 Å². The molecule has 6 nitrogen and oxygen atoms in total. The van der Waals surface area contributed by atoms with E-state index in [1.807, 2.05) is 12.3 Å². The van der Waals surface area contributed by atoms with Gasteiger partial charge in [0.2, 0.25) is 11.8 Å². The molecule has 0 radical (unpaired) electrons. The number of nitrogens with zero attached hydrogens (tertiary/aromatic N) is 2. The molecule has 1 aliphatic heterocycles. The summed E-state index contributed by atoms with van der Waals surface area (Å²) in [5.74, 6) is -0.676. The summed E-state index contributed by atoms with van der Waals surface area (Å²) in [7, 11) is 0. The Balaban J connectivity index is 1.75. The molecule has 2 aromatic rings. The highest BCUT2D eigenvalue weighted by Crippen LogP contribution is 2.17. The lowest BCUT2D eigenvalue weighted by atomic mass is 10.1. The number of carbonyl (C=O) groups is 2. The highest BCUT2D eigenvalue weighted by atomic mass is 16.2. The Labute approximate surface area is 135 Å². The Morgan fingerprint density at radius 3 is 2.83 bits per heavy atom. The van der Waals surface area contributed by atoms with Gasteiger partial charge in [0.25, 0.3) is 0 Å². The van der Waals surface area contributed by atoms with E-state index in [4.69, 9.17) is 5.73 Å². The molecular formula is C17H22N4O2. The number of H-pyrrole nitrogens is 1. The predicted molar refractivity (Wildman–Crippen MR) is 88.5 cm³/mol. The summed E-state index contributed by atoms with van der Waals surface area (Å²) in [4.78, 5) is 30.4. The van der Waals surface area contributed by atoms with Crippen LogP contribution >= 0.6 is 0 Å². The Bertz CT molecular complexity index is 724. The van der Waals surface area contributed by atoms with Crippen molar-refractivity contribution in [1.29, 1.82) is 0 Å². The van der Waals surface area contributed by atoms with Crippen LogP contribution in [0.1, 0.15) is 12.5 Å². The number of hydrogen-bond donors (Lipinski definition) is 2. The molecule has 23 heavy (non-hydrogen) atoms. The summed E-state index contributed by atoms with van der Waals surface area (Å²) in [5.41, 5.74) is 7.79. The second-order valence-corrected chi connectivity index (χ2v) is 6.20. The molecule has 2 amide bonds. The maximum Gasteiger partial charge on any atom is 0.223 e. The van der Waals surface area contributed by atoms with Crippen molar-refractivity contribution < 1.29 is 9.59 Å². The minimum atomic E-state index is -0.344. The van der Waals surface area contributed by atoms with Gasteiger partial charge in [-0.2, -0.15) is 0 Å². The smallest absolute Gasteiger partial charge is 0.223 e. The van der Waals surface area contributed by atoms with Gasteiger partial charge in [0.15, 0.2) is 0 Å². The molecule has 1 aliphatic rings. The van der Waals surface area contributed by atoms with E-state index >= 15 is 0 Å². The molecule has 0 saturated carbocycles. The van der Waals surface area contributed by atoms with Crippen LogP contribution in [0.15, 0.2) is 30.5 Å². The molecule has 3 N–H and O–H groups in total. The van der Waals surface area contributed by atoms with Gasteiger partial charge in [0.1, 0.15) is 0 Å². The summed E-state index contributed by atoms with van der Waals surface area (Å²) in [6, 6.07) is 8.36. The fraction of sp³-hybridized carbons (Fsp3) is 0.412. The molecule has 1 aromatic carbocycles. The van der Waals surface area contributed by atoms with E-state index in [1.165, 1.54) is 17.9 Å². The molecule has 1 fully saturated rings. The van der Waals surface area contributed by atoms with E-state index in [0.29, 0.717) is 19.6 Å². The van der Waals surface area contributed by atoms with Crippen molar-refractivity contribution in [3.05, 3.63) is 36.0 Å². The summed E-state index contributed by atoms with van der Waals surface area (Å²) in [6.07, 6.45) is 1.92. The van der Waals surface area contributed by atoms with Crippen molar-refractivity contribution in [1.82, 2.24) is 14.8 Å². The number of nitrogens with two attached hydrogens (primary N) is 1. The number of primary amides is 1. The number of carbonyl (C=O) groups excluding carboxylic acids is 2. The van der Waals surface area contributed by atoms with Crippen LogP contribution in [0, 0.1) is 5.92 Å². The lowest BCUT2D eigenvalue weighted by Gasteiger charge is -2.22. The number of aromatic amines is 1. The fourth-order valence-electron chi connectivity index (χ4n) is 3.14. The third kappa shape index (κ3) is 3.53. The van der Waals surface area contributed by atoms with E-state index in [2.05, 4.69) is 28.1 Å². The van der Waals surface area contributed by atoms with Crippen LogP contribution in [0.25, 0.3) is 10.9 Å². The van der Waals surface area contributed by atoms with Crippen molar-refractivity contribution in [2.24, 2.45) is 11.7 Å². The Morgan fingerprint density at radius 2 is 2.09 bits per heavy atom. The Hall–Kier alpha value is -2.34. The summed E-state index contributed by atoms with van der Waals surface area (Å²) in [6.45, 7) is 4.64. The van der Waals surface area contributed by atoms with Gasteiger partial charge in [-0.1, -0.05) is 12.1 Å². The first-order chi connectivity index (χ1) is 11.0. The van der Waals surface area contributed by atoms with E-state index in [-0.39, 0.29) is 17.7 Å². The highest BCUT2D eigenvalue weighted by molar-refractivity contribution is 5.80. The van der Waals surface area contributed by atoms with Crippen LogP contribution in [0.2, 0.25) is 0 Å². The first kappa shape index (κ1) is 15.6. The maximum absolute atomic E-state index is 11.7. The molecule has 1 saturated heterocycles. The van der Waals surface area contributed by atoms with E-state index in [1.54, 1.807) is 4.90 Å². The van der Waals surface area contributed by atoms with Gasteiger partial charge < -0.3 is 15.6 Å². The number of nitrogens with one attached hydrogen (secondary N) is 1. The molecule has 0 aliphatic carbocycles. The van der Waals surface area contributed by atoms with Crippen molar-refractivity contribution in [3.63, 3.8) is 0 Å². The van der Waals surface area contributed by atoms with Gasteiger partial charge in [0, 0.05) is 51.4 Å². The molecule has 0 bridgehead atoms. The molecular weight excluding hydrogens is 292 g/mol. The number of hydrogen-bond acceptors (Lipinski definition) is 3. The molecule has 2 heterocycles. The van der Waals surface area contributed by atoms with Gasteiger partial charge in [-0.25, -0.2) is 0 Å². The van der Waals surface area contributed by atoms with Gasteiger partial charge in [-0.15, -0.1) is 0 Å². The number of aromatic nitrogens is 1. The average molecular weight is 314 g/mol. The lowest BCUT2D eigenvalue weighted by Crippen LogP contribution is -2.39. The van der Waals surface area contributed by atoms with Crippen molar-refractivity contribution in [2.45, 2.75) is 13.5 Å². The average Bonchev–Trinajstić information content (AvgIpc) is 2.85. The van der Waals surface area contributed by atoms with Crippen LogP contribution in [-0.2, 0) is 16.1 Å². The molecule has 6 heteroatoms. The van der Waals surface area contributed by atoms with E-state index in [9.17, 15) is 9.59 Å². The highest BCUT2D eigenvalue weighted by Gasteiger charge is 2.27. The molecule has 3 rings (SSSR count). The number of benzene rings is 1. The largest absolute Gasteiger partial charge is 0.369 e. The predicted octanol–water partition coefficient (Wildman–Crippen LogP) is 0.933. The van der Waals surface area contributed by atoms with E-state index in [0.717, 1.165) is 18.6 Å². The summed E-state index contributed by atoms with van der Waals surface area (Å²) >= 11 is 0. The minimum absolute atomic E-state index is 0.00842. The van der Waals surface area contributed by atoms with Crippen molar-refractivity contribution >= 4 is 22.7 Å². The Kier molecular flexibility index (Phi) is 4.34. The molecule has 122 valence electrons. The standard InChI is InChI=1S/C17H22N4O2/c1-12(22)21-7-6-20(10-15(11-21)17(18)23)9-13-2-3-14-4-5-19-16(14)8-13/h2-5,8,15,19H,6-7,9-11H2,1H3,(H2,18,23)/t15-/m1/s1. The van der Waals surface area contributed by atoms with E-state index < -0.39 is 0 Å². The zero-order valence-electron chi connectivity index (χ0n) is 13.3. The minimum Gasteiger partial charge on any atom is -0.369 e. The molecule has 0 spiro atoms. The topological polar surface area (TPSA) is 82.4 Å². The van der Waals surface area contributed by atoms with Crippen LogP contribution in [0.3, 0.4) is 0 Å². The number of rotatable bonds is 3. The zero-order valence-corrected chi connectivity index (χ0v) is 13.3. The molecule has 1 atom stereocenters. The zero-order chi connectivity index (χ0) is 16.4. The first-order valence-corrected chi connectivity index (χ1v) is 7.86. The SMILES string of the molecule is CC(=O)N1CCN(Cc2ccc3cc[nH]c3c2)C[C@@H](C(N)=O)C1. The monoisotopic (exact) mass is 314 g/mol. The van der Waals surface area contributed by atoms with Crippen molar-refractivity contribution in [2.75, 3.05) is 26.2 Å². The first-order valence-electron chi connectivity index (χ1n) is 7.86. The third-order valence-corrected chi connectivity index (χ3v) is 4.48. The fourth-order valence-corrected chi connectivity index (χ4v) is 3.14. The van der Waals surface area contributed by atoms with Crippen LogP contribution in [0.4, 0.5) is 0 Å². The summed E-state index contributed by atoms with van der Waals surface area (Å²) < 4.78 is 0. The second kappa shape index (κ2) is 6.42. The van der Waals surface area contributed by atoms with Crippen LogP contribution in [0.5, 0.6) is 0 Å². The van der Waals surface area contributed by atoms with Crippen molar-refractivity contribution in [3.8, 4) is 0 Å². The summed E-state index contributed by atoms with van der Waals surface area (Å²) in [5, 5.41) is 1.18. The normalized spacial score (nSPS) is 19.7. The molecule has 0 unspecified atom stereocenters. The lowest BCUT2D eigenvalue weighted by molar-refractivity contribution is -0.130. The third-order valence-electron chi connectivity index (χ3n) is 4.48. The van der Waals surface area contributed by atoms with Crippen LogP contribution < -0.4 is 5.73 Å². The Morgan fingerprint density at radius 1 is 1.26 bits per heavy atom. The van der Waals surface area contributed by atoms with Gasteiger partial charge >= 0.3 is 0 Å². The quantitative estimate of drug-likeness (QED) is 0.884. The maximum atomic E-state index is 11.7. The van der Waals surface area contributed by atoms with Gasteiger partial charge in [-0.05, 0) is 23.1 Å². The number of amides is 2.